The van der Waals surface area contributed by atoms with Crippen LogP contribution >= 0.6 is 0 Å². The smallest absolute Gasteiger partial charge is 0.326 e. The summed E-state index contributed by atoms with van der Waals surface area (Å²) in [7, 11) is -17.1. The zero-order valence-electron chi connectivity index (χ0n) is 74.2. The van der Waals surface area contributed by atoms with E-state index >= 15 is 38.4 Å². The van der Waals surface area contributed by atoms with Gasteiger partial charge in [-0.3, -0.25) is 96.6 Å². The summed E-state index contributed by atoms with van der Waals surface area (Å²) in [6, 6.07) is -2.32. The van der Waals surface area contributed by atoms with E-state index in [0.717, 1.165) is 0 Å². The molecule has 1 aromatic carbocycles. The molecule has 0 unspecified atom stereocenters. The first-order valence-corrected chi connectivity index (χ1v) is 49.1. The fourth-order valence-electron chi connectivity index (χ4n) is 18.3. The number of aliphatic hydroxyl groups excluding tert-OH is 12. The van der Waals surface area contributed by atoms with Crippen LogP contribution in [0.1, 0.15) is 103 Å². The van der Waals surface area contributed by atoms with Crippen molar-refractivity contribution in [2.45, 2.75) is 174 Å². The molecule has 1 aromatic rings. The topological polar surface area (TPSA) is 790 Å². The molecular weight excluding hydrogens is 1870 g/mol. The Morgan fingerprint density at radius 2 is 0.493 bits per heavy atom. The van der Waals surface area contributed by atoms with Crippen LogP contribution in [0.5, 0.6) is 11.5 Å². The number of amides is 16. The Morgan fingerprint density at radius 3 is 0.694 bits per heavy atom. The largest absolute Gasteiger partial charge is 0.498 e. The van der Waals surface area contributed by atoms with Crippen LogP contribution in [-0.2, 0) is 63.0 Å². The molecule has 0 spiro atoms. The van der Waals surface area contributed by atoms with Crippen LogP contribution in [-0.4, -0.2) is 491 Å². The lowest BCUT2D eigenvalue weighted by molar-refractivity contribution is -0.0867. The maximum absolute atomic E-state index is 15.7. The number of aliphatic hydroxyl groups is 12. The maximum Gasteiger partial charge on any atom is 0.326 e. The standard InChI is InChI=1S/C58H78N16O24S4.4C4H11NO3/c1-55-57(3)71-31-63-45-43-59(47(63)75)29-61-44-46-65(49(61)77)33-73-53(81)69-27-37-38(42(98-20-8-12-24-102(92,93)94)16-15-41(37)97-19-7-11-23-101(89,90)91)28-70-54(82)74(58(73,4)56(69,70)2)34-66(46)50(78)62(44)30-60(43)48(76)64(45)32-72(57)52(80)68(55)26-36-35(25-67(55)51(71)79)39(95-17-5-9-21-99(83,84)85)13-14-40(36)96-18-6-10-22-100(86,87)88;4*5-4(1-6,2-7)3-8/h13-14,43-46H,5-12,15-34H2,1-4H3,(H,83,84,85)(H,86,87,88)(H,89,90,91)(H,92,93,94);4*6-8H,1-3,5H2. The normalized spacial score (nSPS) is 25.7. The highest BCUT2D eigenvalue weighted by Gasteiger charge is 2.81. The number of hydrogen-bond donors (Lipinski definition) is 20. The molecule has 13 heterocycles. The van der Waals surface area contributed by atoms with Crippen molar-refractivity contribution >= 4 is 88.7 Å². The number of hydrogen-bond acceptors (Lipinski definition) is 36. The third kappa shape index (κ3) is 19.4. The number of carbonyl (C=O) groups excluding carboxylic acids is 8. The van der Waals surface area contributed by atoms with Crippen molar-refractivity contribution in [3.8, 4) is 11.5 Å². The van der Waals surface area contributed by atoms with Gasteiger partial charge < -0.3 is 103 Å². The van der Waals surface area contributed by atoms with Crippen LogP contribution in [0.2, 0.25) is 0 Å². The fourth-order valence-corrected chi connectivity index (χ4v) is 20.6. The van der Waals surface area contributed by atoms with Crippen LogP contribution in [0.3, 0.4) is 0 Å². The van der Waals surface area contributed by atoms with E-state index in [4.69, 9.17) is 103 Å². The van der Waals surface area contributed by atoms with Crippen molar-refractivity contribution in [1.82, 2.24) is 78.4 Å². The molecular formula is C74H122N20O36S4. The Bertz CT molecular complexity index is 4770. The van der Waals surface area contributed by atoms with Crippen molar-refractivity contribution in [2.75, 3.05) is 182 Å². The lowest BCUT2D eigenvalue weighted by Gasteiger charge is -2.49. The van der Waals surface area contributed by atoms with Gasteiger partial charge in [-0.25, -0.2) is 38.4 Å². The summed E-state index contributed by atoms with van der Waals surface area (Å²) in [4.78, 5) is 148. The van der Waals surface area contributed by atoms with Gasteiger partial charge in [0.25, 0.3) is 40.5 Å². The van der Waals surface area contributed by atoms with Crippen LogP contribution < -0.4 is 32.4 Å². The number of urea groups is 8. The monoisotopic (exact) mass is 1990 g/mol. The van der Waals surface area contributed by atoms with E-state index < -0.39 is 300 Å². The zero-order valence-corrected chi connectivity index (χ0v) is 77.4. The van der Waals surface area contributed by atoms with Crippen molar-refractivity contribution in [3.63, 3.8) is 0 Å². The van der Waals surface area contributed by atoms with Crippen molar-refractivity contribution in [3.05, 3.63) is 45.9 Å². The number of nitrogens with zero attached hydrogens (tertiary/aromatic N) is 16. The number of fused-ring (bicyclic) bond motifs is 2. The molecule has 134 heavy (non-hydrogen) atoms. The molecule has 0 bridgehead atoms. The summed E-state index contributed by atoms with van der Waals surface area (Å²) in [5.41, 5.74) is 10.9. The first-order valence-electron chi connectivity index (χ1n) is 42.7. The highest BCUT2D eigenvalue weighted by molar-refractivity contribution is 7.86. The number of unbranched alkanes of at least 4 members (excludes halogenated alkanes) is 4. The maximum atomic E-state index is 15.7. The molecule has 60 heteroatoms. The number of allylic oxidation sites excluding steroid dienone is 2. The highest BCUT2D eigenvalue weighted by Crippen LogP contribution is 2.60. The average Bonchev–Trinajstić information content (AvgIpc) is 1.49. The number of rotatable bonds is 36. The van der Waals surface area contributed by atoms with Gasteiger partial charge in [0.1, 0.15) is 63.0 Å². The highest BCUT2D eigenvalue weighted by atomic mass is 32.2. The Labute approximate surface area is 770 Å². The molecule has 12 fully saturated rings. The van der Waals surface area contributed by atoms with Crippen LogP contribution in [0.25, 0.3) is 0 Å². The van der Waals surface area contributed by atoms with Crippen molar-refractivity contribution in [1.29, 1.82) is 0 Å². The minimum atomic E-state index is -4.28. The molecule has 15 rings (SSSR count). The number of ether oxygens (including phenoxy) is 4. The minimum Gasteiger partial charge on any atom is -0.498 e. The predicted molar refractivity (Wildman–Crippen MR) is 456 cm³/mol. The number of benzene rings is 1. The van der Waals surface area contributed by atoms with Crippen LogP contribution in [0.15, 0.2) is 34.8 Å². The van der Waals surface area contributed by atoms with E-state index in [9.17, 15) is 51.9 Å². The lowest BCUT2D eigenvalue weighted by Crippen LogP contribution is -2.69. The summed E-state index contributed by atoms with van der Waals surface area (Å²) in [6.07, 6.45) is -3.60. The van der Waals surface area contributed by atoms with Crippen molar-refractivity contribution < 1.29 is 170 Å². The molecule has 13 aliphatic heterocycles. The molecule has 758 valence electrons. The van der Waals surface area contributed by atoms with Gasteiger partial charge in [0.15, 0.2) is 47.3 Å². The van der Waals surface area contributed by atoms with Gasteiger partial charge in [-0.05, 0) is 91.2 Å². The second-order valence-corrected chi connectivity index (χ2v) is 42.0. The molecule has 0 radical (unpaired) electrons. The molecule has 0 atom stereocenters. The molecule has 12 saturated heterocycles. The average molecular weight is 2000 g/mol. The van der Waals surface area contributed by atoms with Gasteiger partial charge in [-0.15, -0.1) is 0 Å². The first kappa shape index (κ1) is 106. The molecule has 56 nitrogen and oxygen atoms in total. The third-order valence-electron chi connectivity index (χ3n) is 26.9. The van der Waals surface area contributed by atoms with Gasteiger partial charge in [-0.1, -0.05) is 0 Å². The Hall–Kier alpha value is -8.94. The molecule has 0 saturated carbocycles. The molecule has 24 N–H and O–H groups in total. The summed E-state index contributed by atoms with van der Waals surface area (Å²) < 4.78 is 155. The molecule has 14 aliphatic rings. The second-order valence-electron chi connectivity index (χ2n) is 35.7. The SMILES string of the molecule is CC12N3CC4=C(OCCCCS(=O)(=O)O)CCC(OCCCCS(=O)(=O)O)=C4CN1C(=O)N1CN4C(=O)N5CN6C(=O)N7CN8C(=O)N9Cc%10c(OCCCCS(=O)(=O)O)ccc(OCCCCS(=O)(=O)O)c%10CN%10C(=O)N(CN%11C(=O)N(CN%12C(=O)N(CN(C3=O)C12C)C4C%125)C6C%117)C8(C)C%109C.NC(CO)(CO)CO.NC(CO)(CO)CO.NC(CO)(CO)CO.NC(CO)(CO)CO. The van der Waals surface area contributed by atoms with Gasteiger partial charge in [0.2, 0.25) is 0 Å². The number of nitrogens with two attached hydrogens (primary N) is 4. The van der Waals surface area contributed by atoms with Gasteiger partial charge in [0, 0.05) is 35.1 Å². The van der Waals surface area contributed by atoms with Crippen LogP contribution in [0.4, 0.5) is 38.4 Å². The van der Waals surface area contributed by atoms with E-state index in [1.807, 2.05) is 0 Å². The third-order valence-corrected chi connectivity index (χ3v) is 30.2. The van der Waals surface area contributed by atoms with E-state index in [2.05, 4.69) is 0 Å². The summed E-state index contributed by atoms with van der Waals surface area (Å²) >= 11 is 0. The van der Waals surface area contributed by atoms with E-state index in [0.29, 0.717) is 33.8 Å². The quantitative estimate of drug-likeness (QED) is 0.0219. The summed E-state index contributed by atoms with van der Waals surface area (Å²) in [6.45, 7) is -2.21. The lowest BCUT2D eigenvalue weighted by atomic mass is 9.93. The van der Waals surface area contributed by atoms with Gasteiger partial charge in [-0.2, -0.15) is 33.7 Å². The molecule has 16 amide bonds. The summed E-state index contributed by atoms with van der Waals surface area (Å²) in [5.74, 6) is -0.729. The Morgan fingerprint density at radius 1 is 0.299 bits per heavy atom. The summed E-state index contributed by atoms with van der Waals surface area (Å²) in [5, 5.41) is 100. The van der Waals surface area contributed by atoms with E-state index in [1.165, 1.54) is 78.4 Å². The predicted octanol–water partition coefficient (Wildman–Crippen LogP) is -8.02. The van der Waals surface area contributed by atoms with Gasteiger partial charge >= 0.3 is 48.2 Å². The van der Waals surface area contributed by atoms with Crippen molar-refractivity contribution in [2.24, 2.45) is 22.9 Å². The van der Waals surface area contributed by atoms with E-state index in [1.54, 1.807) is 39.8 Å². The first-order chi connectivity index (χ1) is 62.7. The fraction of sp³-hybridized carbons (Fsp3) is 0.757. The minimum absolute atomic E-state index is 0.0108. The Balaban J connectivity index is 0.000000462. The van der Waals surface area contributed by atoms with E-state index in [-0.39, 0.29) is 128 Å². The molecule has 0 aromatic heterocycles. The van der Waals surface area contributed by atoms with Crippen LogP contribution in [0, 0.1) is 0 Å². The number of carbonyl (C=O) groups is 8. The second kappa shape index (κ2) is 39.9. The van der Waals surface area contributed by atoms with Gasteiger partial charge in [0.05, 0.1) is 177 Å². The molecule has 1 aliphatic carbocycles. The Kier molecular flexibility index (Phi) is 31.4. The zero-order chi connectivity index (χ0) is 99.3.